The van der Waals surface area contributed by atoms with E-state index in [9.17, 15) is 33.9 Å². The van der Waals surface area contributed by atoms with Crippen molar-refractivity contribution in [3.63, 3.8) is 0 Å². The molecular formula is C47H70N2O8. The van der Waals surface area contributed by atoms with Crippen LogP contribution in [0, 0.1) is 17.3 Å². The van der Waals surface area contributed by atoms with Crippen LogP contribution in [0.1, 0.15) is 156 Å². The first-order valence-corrected chi connectivity index (χ1v) is 20.9. The molecule has 0 radical (unpaired) electrons. The minimum absolute atomic E-state index is 0.0206. The van der Waals surface area contributed by atoms with Crippen molar-refractivity contribution in [2.75, 3.05) is 0 Å². The summed E-state index contributed by atoms with van der Waals surface area (Å²) in [6.45, 7) is 18.1. The van der Waals surface area contributed by atoms with Crippen LogP contribution in [0.2, 0.25) is 0 Å². The number of nitrogens with one attached hydrogen (secondary N) is 2. The molecule has 0 aromatic heterocycles. The quantitative estimate of drug-likeness (QED) is 0.0665. The number of aryl methyl sites for hydroxylation is 1. The fourth-order valence-electron chi connectivity index (χ4n) is 6.84. The Labute approximate surface area is 341 Å². The van der Waals surface area contributed by atoms with Gasteiger partial charge in [0.05, 0.1) is 11.7 Å². The van der Waals surface area contributed by atoms with Gasteiger partial charge in [-0.3, -0.25) is 24.0 Å². The number of ether oxygens (including phenoxy) is 1. The van der Waals surface area contributed by atoms with E-state index in [2.05, 4.69) is 41.8 Å². The number of carboxylic acids is 1. The van der Waals surface area contributed by atoms with Gasteiger partial charge in [0, 0.05) is 43.1 Å². The Morgan fingerprint density at radius 1 is 0.702 bits per heavy atom. The third-order valence-corrected chi connectivity index (χ3v) is 10.2. The van der Waals surface area contributed by atoms with Gasteiger partial charge in [0.25, 0.3) is 0 Å². The van der Waals surface area contributed by atoms with Crippen LogP contribution in [0.5, 0.6) is 0 Å². The monoisotopic (exact) mass is 791 g/mol. The predicted octanol–water partition coefficient (Wildman–Crippen LogP) is 9.10. The van der Waals surface area contributed by atoms with Gasteiger partial charge in [0.1, 0.15) is 17.9 Å². The lowest BCUT2D eigenvalue weighted by Crippen LogP contribution is -2.53. The topological polar surface area (TPSA) is 156 Å². The van der Waals surface area contributed by atoms with Crippen LogP contribution < -0.4 is 10.6 Å². The van der Waals surface area contributed by atoms with Crippen molar-refractivity contribution < 1.29 is 38.6 Å². The van der Waals surface area contributed by atoms with Crippen molar-refractivity contribution in [1.29, 1.82) is 0 Å². The molecule has 0 unspecified atom stereocenters. The van der Waals surface area contributed by atoms with Gasteiger partial charge in [-0.15, -0.1) is 0 Å². The lowest BCUT2D eigenvalue weighted by molar-refractivity contribution is -0.146. The van der Waals surface area contributed by atoms with Crippen molar-refractivity contribution in [3.8, 4) is 11.1 Å². The summed E-state index contributed by atoms with van der Waals surface area (Å²) in [5, 5.41) is 15.1. The first-order chi connectivity index (χ1) is 26.7. The third-order valence-electron chi connectivity index (χ3n) is 10.2. The van der Waals surface area contributed by atoms with Gasteiger partial charge in [-0.2, -0.15) is 0 Å². The number of hydrogen-bond acceptors (Lipinski definition) is 7. The van der Waals surface area contributed by atoms with E-state index in [4.69, 9.17) is 4.74 Å². The molecule has 10 nitrogen and oxygen atoms in total. The molecule has 0 aliphatic heterocycles. The van der Waals surface area contributed by atoms with Crippen molar-refractivity contribution in [1.82, 2.24) is 10.6 Å². The van der Waals surface area contributed by atoms with Crippen molar-refractivity contribution in [3.05, 3.63) is 59.7 Å². The van der Waals surface area contributed by atoms with E-state index in [0.717, 1.165) is 49.7 Å². The molecule has 0 aliphatic carbocycles. The molecular weight excluding hydrogens is 721 g/mol. The maximum Gasteiger partial charge on any atom is 0.326 e. The Morgan fingerprint density at radius 3 is 1.81 bits per heavy atom. The number of unbranched alkanes of at least 4 members (excludes halogenated alkanes) is 3. The number of amides is 2. The first-order valence-electron chi connectivity index (χ1n) is 20.9. The lowest BCUT2D eigenvalue weighted by Gasteiger charge is -2.32. The maximum absolute atomic E-state index is 13.9. The molecule has 0 saturated heterocycles. The number of carboxylic acid groups (broad SMARTS) is 1. The molecule has 3 N–H and O–H groups in total. The molecule has 2 aromatic rings. The van der Waals surface area contributed by atoms with Gasteiger partial charge in [-0.25, -0.2) is 4.79 Å². The Kier molecular flexibility index (Phi) is 20.0. The van der Waals surface area contributed by atoms with Crippen molar-refractivity contribution in [2.24, 2.45) is 17.3 Å². The normalized spacial score (nSPS) is 14.5. The van der Waals surface area contributed by atoms with Gasteiger partial charge >= 0.3 is 5.97 Å². The van der Waals surface area contributed by atoms with E-state index in [0.29, 0.717) is 18.4 Å². The number of carbonyl (C=O) groups is 6. The Balaban J connectivity index is 2.09. The van der Waals surface area contributed by atoms with Gasteiger partial charge in [-0.1, -0.05) is 116 Å². The summed E-state index contributed by atoms with van der Waals surface area (Å²) in [5.41, 5.74) is 2.62. The summed E-state index contributed by atoms with van der Waals surface area (Å²) in [5.74, 6) is -4.37. The highest BCUT2D eigenvalue weighted by Crippen LogP contribution is 2.24. The van der Waals surface area contributed by atoms with Gasteiger partial charge in [-0.05, 0) is 75.5 Å². The maximum atomic E-state index is 13.9. The molecule has 2 amide bonds. The molecule has 0 aliphatic rings. The summed E-state index contributed by atoms with van der Waals surface area (Å²) in [6, 6.07) is 13.8. The number of rotatable bonds is 25. The summed E-state index contributed by atoms with van der Waals surface area (Å²) in [4.78, 5) is 79.0. The molecule has 2 aromatic carbocycles. The van der Waals surface area contributed by atoms with Crippen LogP contribution >= 0.6 is 0 Å². The Morgan fingerprint density at radius 2 is 1.28 bits per heavy atom. The number of aliphatic carboxylic acids is 1. The van der Waals surface area contributed by atoms with Crippen LogP contribution in [0.25, 0.3) is 11.1 Å². The SMILES string of the molecule is CCCCC[C@H](CC(=O)CCCC(=O)c1ccc(-c2ccc(CCCC)cc2)cc1)C(=O)N[C@H](C(=O)C[C@@H](C)C(=O)N[C@H](C(=O)O)C(C)(C)C)[C@@H](C)OC(C)(C)C. The first kappa shape index (κ1) is 49.0. The standard InChI is InChI=1S/C47H70N2O8/c1-11-13-15-18-37(30-38(50)19-16-20-39(51)36-27-25-35(26-28-36)34-23-21-33(22-24-34)17-14-12-2)44(54)48-41(32(4)57-47(8,9)10)40(52)29-31(3)43(53)49-42(45(55)56)46(5,6)7/h21-28,31-32,37,41-42H,11-20,29-30H2,1-10H3,(H,48,54)(H,49,53)(H,55,56)/t31-,32-,37-,41+,42-/m1/s1. The molecule has 0 fully saturated rings. The van der Waals surface area contributed by atoms with Crippen LogP contribution in [-0.2, 0) is 35.1 Å². The van der Waals surface area contributed by atoms with Crippen molar-refractivity contribution in [2.45, 2.75) is 170 Å². The summed E-state index contributed by atoms with van der Waals surface area (Å²) < 4.78 is 6.11. The van der Waals surface area contributed by atoms with Crippen molar-refractivity contribution >= 4 is 35.1 Å². The highest BCUT2D eigenvalue weighted by Gasteiger charge is 2.37. The van der Waals surface area contributed by atoms with Crippen LogP contribution in [0.3, 0.4) is 0 Å². The van der Waals surface area contributed by atoms with E-state index in [1.165, 1.54) is 5.56 Å². The van der Waals surface area contributed by atoms with E-state index in [1.54, 1.807) is 34.6 Å². The molecule has 5 atom stereocenters. The molecule has 0 bridgehead atoms. The lowest BCUT2D eigenvalue weighted by atomic mass is 9.86. The fourth-order valence-corrected chi connectivity index (χ4v) is 6.84. The van der Waals surface area contributed by atoms with Gasteiger partial charge in [0.15, 0.2) is 11.6 Å². The number of ketones is 3. The smallest absolute Gasteiger partial charge is 0.326 e. The molecule has 0 saturated carbocycles. The van der Waals surface area contributed by atoms with E-state index in [1.807, 2.05) is 52.0 Å². The van der Waals surface area contributed by atoms with Crippen LogP contribution in [-0.4, -0.2) is 64.0 Å². The Bertz CT molecular complexity index is 1620. The number of hydrogen-bond donors (Lipinski definition) is 3. The average Bonchev–Trinajstić information content (AvgIpc) is 3.13. The highest BCUT2D eigenvalue weighted by molar-refractivity contribution is 5.97. The summed E-state index contributed by atoms with van der Waals surface area (Å²) >= 11 is 0. The number of benzene rings is 2. The molecule has 0 spiro atoms. The van der Waals surface area contributed by atoms with Crippen LogP contribution in [0.4, 0.5) is 0 Å². The number of Topliss-reactive ketones (excluding diaryl/α,β-unsaturated/α-hetero) is 3. The second-order valence-corrected chi connectivity index (χ2v) is 17.7. The zero-order chi connectivity index (χ0) is 42.9. The molecule has 57 heavy (non-hydrogen) atoms. The third kappa shape index (κ3) is 17.5. The minimum atomic E-state index is -1.17. The second kappa shape index (κ2) is 23.3. The fraction of sp³-hybridized carbons (Fsp3) is 0.617. The van der Waals surface area contributed by atoms with E-state index in [-0.39, 0.29) is 37.2 Å². The minimum Gasteiger partial charge on any atom is -0.480 e. The number of carbonyl (C=O) groups excluding carboxylic acids is 5. The largest absolute Gasteiger partial charge is 0.480 e. The van der Waals surface area contributed by atoms with Crippen LogP contribution in [0.15, 0.2) is 48.5 Å². The highest BCUT2D eigenvalue weighted by atomic mass is 16.5. The second-order valence-electron chi connectivity index (χ2n) is 17.7. The molecule has 2 rings (SSSR count). The van der Waals surface area contributed by atoms with Gasteiger partial charge in [0.2, 0.25) is 11.8 Å². The molecule has 10 heteroatoms. The van der Waals surface area contributed by atoms with E-state index < -0.39 is 64.6 Å². The zero-order valence-electron chi connectivity index (χ0n) is 36.3. The molecule has 0 heterocycles. The summed E-state index contributed by atoms with van der Waals surface area (Å²) in [7, 11) is 0. The Hall–Kier alpha value is -4.18. The van der Waals surface area contributed by atoms with E-state index >= 15 is 0 Å². The zero-order valence-corrected chi connectivity index (χ0v) is 36.3. The summed E-state index contributed by atoms with van der Waals surface area (Å²) in [6.07, 6.45) is 6.03. The molecule has 316 valence electrons. The van der Waals surface area contributed by atoms with Gasteiger partial charge < -0.3 is 20.5 Å². The predicted molar refractivity (Wildman–Crippen MR) is 226 cm³/mol. The average molecular weight is 791 g/mol.